The Morgan fingerprint density at radius 1 is 1.41 bits per heavy atom. The van der Waals surface area contributed by atoms with Crippen molar-refractivity contribution in [2.75, 3.05) is 0 Å². The Morgan fingerprint density at radius 3 is 2.71 bits per heavy atom. The summed E-state index contributed by atoms with van der Waals surface area (Å²) in [6, 6.07) is 4.68. The molecule has 2 rings (SSSR count). The van der Waals surface area contributed by atoms with E-state index in [-0.39, 0.29) is 11.1 Å². The molecule has 0 saturated carbocycles. The van der Waals surface area contributed by atoms with E-state index in [0.717, 1.165) is 22.5 Å². The van der Waals surface area contributed by atoms with Crippen molar-refractivity contribution in [2.24, 2.45) is 0 Å². The first-order chi connectivity index (χ1) is 8.02. The minimum absolute atomic E-state index is 0.0838. The summed E-state index contributed by atoms with van der Waals surface area (Å²) in [6.07, 6.45) is 0.717. The first-order valence-electron chi connectivity index (χ1n) is 5.11. The number of aromatic amines is 1. The third-order valence-electron chi connectivity index (χ3n) is 2.60. The first-order valence-corrected chi connectivity index (χ1v) is 5.91. The smallest absolute Gasteiger partial charge is 0.352 e. The Morgan fingerprint density at radius 2 is 2.12 bits per heavy atom. The number of carboxylic acids is 1. The van der Waals surface area contributed by atoms with Gasteiger partial charge in [0.25, 0.3) is 0 Å². The molecule has 1 aromatic carbocycles. The molecule has 0 aliphatic rings. The molecule has 0 spiro atoms. The zero-order valence-corrected chi connectivity index (χ0v) is 10.7. The van der Waals surface area contributed by atoms with E-state index in [9.17, 15) is 9.59 Å². The van der Waals surface area contributed by atoms with E-state index in [0.29, 0.717) is 10.9 Å². The second-order valence-electron chi connectivity index (χ2n) is 3.69. The number of aryl methyl sites for hydroxylation is 1. The maximum atomic E-state index is 11.8. The molecule has 0 saturated heterocycles. The van der Waals surface area contributed by atoms with Crippen LogP contribution in [0.4, 0.5) is 0 Å². The molecular weight excluding hydrogens is 286 g/mol. The van der Waals surface area contributed by atoms with Crippen LogP contribution in [0.2, 0.25) is 0 Å². The van der Waals surface area contributed by atoms with Crippen LogP contribution >= 0.6 is 15.9 Å². The van der Waals surface area contributed by atoms with Gasteiger partial charge < -0.3 is 10.1 Å². The monoisotopic (exact) mass is 295 g/mol. The highest BCUT2D eigenvalue weighted by Gasteiger charge is 2.10. The summed E-state index contributed by atoms with van der Waals surface area (Å²) in [5, 5.41) is 9.41. The highest BCUT2D eigenvalue weighted by Crippen LogP contribution is 2.21. The SMILES string of the molecule is CCc1cc(Br)cc2c(=O)cc(C(=O)O)[nH]c12. The summed E-state index contributed by atoms with van der Waals surface area (Å²) in [5.41, 5.74) is 1.14. The predicted octanol–water partition coefficient (Wildman–Crippen LogP) is 2.55. The Hall–Kier alpha value is -1.62. The van der Waals surface area contributed by atoms with Crippen molar-refractivity contribution in [3.05, 3.63) is 44.2 Å². The lowest BCUT2D eigenvalue weighted by Crippen LogP contribution is -2.10. The normalized spacial score (nSPS) is 10.7. The molecular formula is C12H10BrNO3. The molecule has 88 valence electrons. The molecule has 1 aromatic heterocycles. The van der Waals surface area contributed by atoms with Crippen LogP contribution in [-0.2, 0) is 6.42 Å². The van der Waals surface area contributed by atoms with Gasteiger partial charge in [0, 0.05) is 15.9 Å². The Bertz CT molecular complexity index is 661. The molecule has 5 heteroatoms. The summed E-state index contributed by atoms with van der Waals surface area (Å²) < 4.78 is 0.815. The summed E-state index contributed by atoms with van der Waals surface area (Å²) in [6.45, 7) is 1.95. The molecule has 0 amide bonds. The Kier molecular flexibility index (Phi) is 3.02. The van der Waals surface area contributed by atoms with Crippen molar-refractivity contribution in [1.82, 2.24) is 4.98 Å². The van der Waals surface area contributed by atoms with Gasteiger partial charge in [0.1, 0.15) is 5.69 Å². The second kappa shape index (κ2) is 4.33. The largest absolute Gasteiger partial charge is 0.477 e. The van der Waals surface area contributed by atoms with Gasteiger partial charge in [0.15, 0.2) is 5.43 Å². The molecule has 0 aliphatic heterocycles. The topological polar surface area (TPSA) is 70.2 Å². The highest BCUT2D eigenvalue weighted by molar-refractivity contribution is 9.10. The van der Waals surface area contributed by atoms with Gasteiger partial charge in [-0.05, 0) is 24.1 Å². The standard InChI is InChI=1S/C12H10BrNO3/c1-2-6-3-7(13)4-8-10(15)5-9(12(16)17)14-11(6)8/h3-5H,2H2,1H3,(H,14,15)(H,16,17). The molecule has 0 bridgehead atoms. The lowest BCUT2D eigenvalue weighted by molar-refractivity contribution is 0.0691. The summed E-state index contributed by atoms with van der Waals surface area (Å²) in [4.78, 5) is 25.5. The van der Waals surface area contributed by atoms with E-state index in [1.165, 1.54) is 0 Å². The van der Waals surface area contributed by atoms with Crippen LogP contribution in [0.1, 0.15) is 23.0 Å². The molecule has 17 heavy (non-hydrogen) atoms. The number of aromatic carboxylic acids is 1. The van der Waals surface area contributed by atoms with Crippen LogP contribution in [0.25, 0.3) is 10.9 Å². The number of rotatable bonds is 2. The fourth-order valence-electron chi connectivity index (χ4n) is 1.78. The molecule has 2 aromatic rings. The molecule has 0 aliphatic carbocycles. The van der Waals surface area contributed by atoms with Gasteiger partial charge in [-0.1, -0.05) is 22.9 Å². The lowest BCUT2D eigenvalue weighted by atomic mass is 10.1. The molecule has 0 radical (unpaired) electrons. The number of H-pyrrole nitrogens is 1. The van der Waals surface area contributed by atoms with E-state index in [4.69, 9.17) is 5.11 Å². The van der Waals surface area contributed by atoms with Crippen LogP contribution in [0.3, 0.4) is 0 Å². The predicted molar refractivity (Wildman–Crippen MR) is 68.6 cm³/mol. The fraction of sp³-hybridized carbons (Fsp3) is 0.167. The maximum absolute atomic E-state index is 11.8. The van der Waals surface area contributed by atoms with E-state index >= 15 is 0 Å². The number of fused-ring (bicyclic) bond motifs is 1. The molecule has 2 N–H and O–H groups in total. The minimum atomic E-state index is -1.13. The van der Waals surface area contributed by atoms with E-state index in [1.54, 1.807) is 6.07 Å². The number of hydrogen-bond acceptors (Lipinski definition) is 2. The quantitative estimate of drug-likeness (QED) is 0.894. The van der Waals surface area contributed by atoms with Gasteiger partial charge in [-0.25, -0.2) is 4.79 Å². The van der Waals surface area contributed by atoms with Gasteiger partial charge in [-0.15, -0.1) is 0 Å². The van der Waals surface area contributed by atoms with Crippen LogP contribution in [0.5, 0.6) is 0 Å². The third-order valence-corrected chi connectivity index (χ3v) is 3.05. The highest BCUT2D eigenvalue weighted by atomic mass is 79.9. The molecule has 0 atom stereocenters. The molecule has 0 fully saturated rings. The number of halogens is 1. The van der Waals surface area contributed by atoms with Gasteiger partial charge in [0.05, 0.1) is 5.52 Å². The number of pyridine rings is 1. The van der Waals surface area contributed by atoms with Crippen molar-refractivity contribution in [3.63, 3.8) is 0 Å². The van der Waals surface area contributed by atoms with Crippen molar-refractivity contribution in [3.8, 4) is 0 Å². The van der Waals surface area contributed by atoms with Crippen molar-refractivity contribution in [1.29, 1.82) is 0 Å². The van der Waals surface area contributed by atoms with Gasteiger partial charge >= 0.3 is 5.97 Å². The first kappa shape index (κ1) is 11.9. The van der Waals surface area contributed by atoms with Crippen LogP contribution < -0.4 is 5.43 Å². The summed E-state index contributed by atoms with van der Waals surface area (Å²) >= 11 is 3.34. The molecule has 1 heterocycles. The number of carboxylic acid groups (broad SMARTS) is 1. The number of carbonyl (C=O) groups is 1. The lowest BCUT2D eigenvalue weighted by Gasteiger charge is -2.06. The number of nitrogens with one attached hydrogen (secondary N) is 1. The average molecular weight is 296 g/mol. The van der Waals surface area contributed by atoms with E-state index in [1.807, 2.05) is 13.0 Å². The van der Waals surface area contributed by atoms with Gasteiger partial charge in [-0.2, -0.15) is 0 Å². The van der Waals surface area contributed by atoms with Crippen LogP contribution in [0.15, 0.2) is 27.5 Å². The van der Waals surface area contributed by atoms with Crippen LogP contribution in [0, 0.1) is 0 Å². The summed E-state index contributed by atoms with van der Waals surface area (Å²) in [5.74, 6) is -1.13. The Balaban J connectivity index is 2.91. The van der Waals surface area contributed by atoms with E-state index in [2.05, 4.69) is 20.9 Å². The number of aromatic nitrogens is 1. The zero-order valence-electron chi connectivity index (χ0n) is 9.08. The number of hydrogen-bond donors (Lipinski definition) is 2. The fourth-order valence-corrected chi connectivity index (χ4v) is 2.28. The van der Waals surface area contributed by atoms with Crippen molar-refractivity contribution < 1.29 is 9.90 Å². The second-order valence-corrected chi connectivity index (χ2v) is 4.61. The molecule has 4 nitrogen and oxygen atoms in total. The van der Waals surface area contributed by atoms with Crippen LogP contribution in [-0.4, -0.2) is 16.1 Å². The van der Waals surface area contributed by atoms with Gasteiger partial charge in [0.2, 0.25) is 0 Å². The maximum Gasteiger partial charge on any atom is 0.352 e. The van der Waals surface area contributed by atoms with E-state index < -0.39 is 5.97 Å². The number of benzene rings is 1. The Labute approximate surface area is 105 Å². The molecule has 0 unspecified atom stereocenters. The summed E-state index contributed by atoms with van der Waals surface area (Å²) in [7, 11) is 0. The van der Waals surface area contributed by atoms with Gasteiger partial charge in [-0.3, -0.25) is 4.79 Å². The van der Waals surface area contributed by atoms with Crippen molar-refractivity contribution >= 4 is 32.8 Å². The average Bonchev–Trinajstić information content (AvgIpc) is 2.28. The zero-order chi connectivity index (χ0) is 12.6. The third kappa shape index (κ3) is 2.10. The minimum Gasteiger partial charge on any atom is -0.477 e. The van der Waals surface area contributed by atoms with Crippen molar-refractivity contribution in [2.45, 2.75) is 13.3 Å².